The summed E-state index contributed by atoms with van der Waals surface area (Å²) in [7, 11) is -0.270. The number of benzene rings is 4. The summed E-state index contributed by atoms with van der Waals surface area (Å²) in [6.07, 6.45) is 18.2. The van der Waals surface area contributed by atoms with Crippen molar-refractivity contribution in [1.82, 2.24) is 82.6 Å². The zero-order chi connectivity index (χ0) is 69.4. The average molecular weight is 1380 g/mol. The van der Waals surface area contributed by atoms with E-state index in [1.807, 2.05) is 6.92 Å². The van der Waals surface area contributed by atoms with Gasteiger partial charge in [0.05, 0.1) is 102 Å². The first-order chi connectivity index (χ1) is 47.5. The van der Waals surface area contributed by atoms with Gasteiger partial charge in [0.2, 0.25) is 20.0 Å². The van der Waals surface area contributed by atoms with E-state index >= 15 is 0 Å². The molecule has 11 heterocycles. The third-order valence-electron chi connectivity index (χ3n) is 18.7. The van der Waals surface area contributed by atoms with Crippen LogP contribution < -0.4 is 31.4 Å². The quantitative estimate of drug-likeness (QED) is 0.0822. The van der Waals surface area contributed by atoms with Gasteiger partial charge in [-0.2, -0.15) is 23.9 Å². The minimum Gasteiger partial charge on any atom is -0.491 e. The molecule has 0 saturated carbocycles. The first-order valence-corrected chi connectivity index (χ1v) is 36.1. The second kappa shape index (κ2) is 28.2. The van der Waals surface area contributed by atoms with Crippen LogP contribution >= 0.6 is 0 Å². The first-order valence-electron chi connectivity index (χ1n) is 33.0. The summed E-state index contributed by atoms with van der Waals surface area (Å²) in [6, 6.07) is 21.4. The molecule has 29 heteroatoms. The zero-order valence-electron chi connectivity index (χ0n) is 56.8. The molecule has 2 saturated heterocycles. The number of nitrogen functional groups attached to an aromatic ring is 3. The highest BCUT2D eigenvalue weighted by Crippen LogP contribution is 2.37. The van der Waals surface area contributed by atoms with Gasteiger partial charge in [0, 0.05) is 82.1 Å². The molecule has 0 bridgehead atoms. The van der Waals surface area contributed by atoms with E-state index in [-0.39, 0.29) is 46.1 Å². The van der Waals surface area contributed by atoms with Crippen LogP contribution in [0, 0.1) is 20.8 Å². The molecule has 5 aliphatic rings. The number of likely N-dealkylation sites (N-methyl/N-ethyl adjacent to an activating group) is 3. The molecule has 0 amide bonds. The fourth-order valence-corrected chi connectivity index (χ4v) is 15.8. The van der Waals surface area contributed by atoms with Crippen molar-refractivity contribution in [3.05, 3.63) is 173 Å². The van der Waals surface area contributed by atoms with Gasteiger partial charge in [0.25, 0.3) is 11.8 Å². The van der Waals surface area contributed by atoms with Gasteiger partial charge in [-0.05, 0) is 174 Å². The number of nitrogens with two attached hydrogens (primary N) is 3. The zero-order valence-corrected chi connectivity index (χ0v) is 58.5. The number of hydrogen-bond acceptors (Lipinski definition) is 22. The van der Waals surface area contributed by atoms with Gasteiger partial charge < -0.3 is 46.1 Å². The van der Waals surface area contributed by atoms with Crippen molar-refractivity contribution >= 4 is 37.5 Å². The number of fused-ring (bicyclic) bond motifs is 3. The molecular weight excluding hydrogens is 1300 g/mol. The van der Waals surface area contributed by atoms with Crippen molar-refractivity contribution in [1.29, 1.82) is 0 Å². The van der Waals surface area contributed by atoms with E-state index in [4.69, 9.17) is 36.4 Å². The van der Waals surface area contributed by atoms with Crippen molar-refractivity contribution in [2.24, 2.45) is 0 Å². The number of ether oxygens (including phenoxy) is 3. The lowest BCUT2D eigenvalue weighted by molar-refractivity contribution is 0.191. The molecule has 99 heavy (non-hydrogen) atoms. The predicted molar refractivity (Wildman–Crippen MR) is 377 cm³/mol. The van der Waals surface area contributed by atoms with Crippen molar-refractivity contribution < 1.29 is 31.0 Å². The van der Waals surface area contributed by atoms with Crippen molar-refractivity contribution in [2.75, 3.05) is 96.5 Å². The Kier molecular flexibility index (Phi) is 19.3. The molecule has 0 spiro atoms. The minimum absolute atomic E-state index is 0.0231. The van der Waals surface area contributed by atoms with Crippen molar-refractivity contribution in [3.63, 3.8) is 0 Å². The topological polar surface area (TPSA) is 321 Å². The Morgan fingerprint density at radius 2 is 0.929 bits per heavy atom. The summed E-state index contributed by atoms with van der Waals surface area (Å²) >= 11 is 0. The van der Waals surface area contributed by atoms with Crippen LogP contribution in [0.5, 0.6) is 29.0 Å². The highest BCUT2D eigenvalue weighted by molar-refractivity contribution is 7.89. The van der Waals surface area contributed by atoms with Crippen LogP contribution in [0.4, 0.5) is 17.5 Å². The molecule has 516 valence electrons. The van der Waals surface area contributed by atoms with Gasteiger partial charge >= 0.3 is 0 Å². The van der Waals surface area contributed by atoms with E-state index in [1.165, 1.54) is 58.7 Å². The highest BCUT2D eigenvalue weighted by atomic mass is 32.2. The number of sulfonamides is 2. The van der Waals surface area contributed by atoms with Gasteiger partial charge in [-0.3, -0.25) is 9.36 Å². The summed E-state index contributed by atoms with van der Waals surface area (Å²) in [4.78, 5) is 34.3. The number of aromatic nitrogens is 12. The molecule has 5 aliphatic heterocycles. The Hall–Kier alpha value is -9.75. The third kappa shape index (κ3) is 14.7. The Morgan fingerprint density at radius 1 is 0.505 bits per heavy atom. The van der Waals surface area contributed by atoms with Crippen LogP contribution in [0.1, 0.15) is 76.0 Å². The van der Waals surface area contributed by atoms with E-state index in [0.29, 0.717) is 73.1 Å². The largest absolute Gasteiger partial charge is 0.491 e. The Bertz CT molecular complexity index is 4860. The summed E-state index contributed by atoms with van der Waals surface area (Å²) in [5, 5.41) is 13.0. The van der Waals surface area contributed by atoms with E-state index in [1.54, 1.807) is 107 Å². The molecule has 4 aromatic carbocycles. The third-order valence-corrected chi connectivity index (χ3v) is 22.3. The van der Waals surface area contributed by atoms with Crippen molar-refractivity contribution in [2.45, 2.75) is 90.5 Å². The first kappa shape index (κ1) is 67.8. The Morgan fingerprint density at radius 3 is 1.37 bits per heavy atom. The maximum Gasteiger partial charge on any atom is 0.263 e. The maximum absolute atomic E-state index is 12.8. The molecule has 0 aliphatic carbocycles. The SMILES string of the molecule is CCOc1cnn(-c2nc(-c3cc(C)c4c(c3)CN(C)CC4)cnc2N)c1.CCS(=O)(=O)N1CC(n2cc(Oc3nc(-c4cc(C)c5c(c4)CN(C)CC5)cnc3N)cn2)C1.Cc1cc(-c2cnc(N)c(Oc3cnn(C4CN(S(=O)(=O)c5ccccc5)C4)c3)n2)cc2c1CCN(C)C2. The van der Waals surface area contributed by atoms with E-state index in [9.17, 15) is 16.8 Å². The maximum atomic E-state index is 12.8. The monoisotopic (exact) mass is 1380 g/mol. The summed E-state index contributed by atoms with van der Waals surface area (Å²) < 4.78 is 74.8. The molecule has 6 aromatic heterocycles. The predicted octanol–water partition coefficient (Wildman–Crippen LogP) is 8.08. The van der Waals surface area contributed by atoms with Gasteiger partial charge in [0.1, 0.15) is 0 Å². The van der Waals surface area contributed by atoms with Crippen LogP contribution in [0.2, 0.25) is 0 Å². The molecule has 6 N–H and O–H groups in total. The minimum atomic E-state index is -3.51. The molecule has 15 rings (SSSR count). The fraction of sp³-hybridized carbons (Fsp3) is 0.357. The van der Waals surface area contributed by atoms with E-state index in [2.05, 4.69) is 133 Å². The molecule has 27 nitrogen and oxygen atoms in total. The number of anilines is 3. The second-order valence-electron chi connectivity index (χ2n) is 25.8. The smallest absolute Gasteiger partial charge is 0.263 e. The summed E-state index contributed by atoms with van der Waals surface area (Å²) in [5.41, 5.74) is 35.4. The molecule has 0 unspecified atom stereocenters. The Labute approximate surface area is 576 Å². The highest BCUT2D eigenvalue weighted by Gasteiger charge is 2.39. The number of hydrogen-bond donors (Lipinski definition) is 3. The fourth-order valence-electron chi connectivity index (χ4n) is 13.1. The Balaban J connectivity index is 0.000000135. The number of rotatable bonds is 16. The summed E-state index contributed by atoms with van der Waals surface area (Å²) in [6.45, 7) is 18.1. The number of aryl methyl sites for hydroxylation is 3. The van der Waals surface area contributed by atoms with Crippen LogP contribution in [-0.2, 0) is 58.9 Å². The normalized spacial score (nSPS) is 16.2. The van der Waals surface area contributed by atoms with Crippen LogP contribution in [0.3, 0.4) is 0 Å². The van der Waals surface area contributed by atoms with Gasteiger partial charge in [0.15, 0.2) is 40.5 Å². The van der Waals surface area contributed by atoms with Gasteiger partial charge in [-0.15, -0.1) is 0 Å². The number of nitrogens with zero attached hydrogens (tertiary/aromatic N) is 17. The molecular formula is C70H82N20O7S2. The molecule has 2 fully saturated rings. The summed E-state index contributed by atoms with van der Waals surface area (Å²) in [5.74, 6) is 3.33. The van der Waals surface area contributed by atoms with E-state index in [0.717, 1.165) is 80.9 Å². The molecule has 10 aromatic rings. The van der Waals surface area contributed by atoms with Crippen LogP contribution in [0.25, 0.3) is 39.6 Å². The van der Waals surface area contributed by atoms with Crippen LogP contribution in [0.15, 0.2) is 127 Å². The van der Waals surface area contributed by atoms with Crippen molar-refractivity contribution in [3.8, 4) is 68.6 Å². The lowest BCUT2D eigenvalue weighted by atomic mass is 9.92. The van der Waals surface area contributed by atoms with Gasteiger partial charge in [-0.1, -0.05) is 18.2 Å². The average Bonchev–Trinajstić information content (AvgIpc) is 1.76. The lowest BCUT2D eigenvalue weighted by Crippen LogP contribution is -2.51. The van der Waals surface area contributed by atoms with Gasteiger partial charge in [-0.25, -0.2) is 51.4 Å². The standard InChI is InChI=1S/C27H29N7O3S.C23H29N7O3S.C20H24N6O/c1-18-10-19(11-20-14-32(2)9-8-24(18)20)25-13-29-26(28)27(31-25)37-22-12-30-34(17-22)21-15-33(16-21)38(35,36)23-6-4-3-5-7-23;1-4-34(31,32)29-12-18(13-29)30-14-19(9-26-30)33-23-22(24)25-10-21(27-23)16-7-15(2)20-5-6-28(3)11-17(20)8-16;1-4-27-16-9-23-26(12-16)20-19(21)22-10-18(24-20)14-7-13(2)17-5-6-25(3)11-15(17)8-14/h3-7,10-13,17,21H,8-9,14-16H2,1-2H3,(H2,28,29);7-10,14,18H,4-6,11-13H2,1-3H3,(H2,24,25);7-10,12H,4-6,11H2,1-3H3,(H2,21,22). The lowest BCUT2D eigenvalue weighted by Gasteiger charge is -2.37. The van der Waals surface area contributed by atoms with E-state index < -0.39 is 20.0 Å². The van der Waals surface area contributed by atoms with Crippen LogP contribution in [-0.4, -0.2) is 179 Å². The molecule has 0 radical (unpaired) electrons. The second-order valence-corrected chi connectivity index (χ2v) is 30.0. The molecule has 0 atom stereocenters.